The Morgan fingerprint density at radius 3 is 2.36 bits per heavy atom. The number of ether oxygens (including phenoxy) is 2. The lowest BCUT2D eigenvalue weighted by Gasteiger charge is -2.21. The Morgan fingerprint density at radius 1 is 1.00 bits per heavy atom. The van der Waals surface area contributed by atoms with Gasteiger partial charge in [-0.3, -0.25) is 0 Å². The Labute approximate surface area is 155 Å². The van der Waals surface area contributed by atoms with E-state index >= 15 is 0 Å². The summed E-state index contributed by atoms with van der Waals surface area (Å²) >= 11 is 5.51. The van der Waals surface area contributed by atoms with Gasteiger partial charge in [0.15, 0.2) is 16.6 Å². The van der Waals surface area contributed by atoms with Crippen LogP contribution in [0.2, 0.25) is 0 Å². The van der Waals surface area contributed by atoms with Crippen LogP contribution >= 0.6 is 12.2 Å². The second-order valence-electron chi connectivity index (χ2n) is 6.09. The molecule has 0 aliphatic heterocycles. The summed E-state index contributed by atoms with van der Waals surface area (Å²) in [4.78, 5) is 2.04. The van der Waals surface area contributed by atoms with Gasteiger partial charge in [-0.25, -0.2) is 0 Å². The first-order chi connectivity index (χ1) is 11.9. The van der Waals surface area contributed by atoms with Crippen LogP contribution in [0.3, 0.4) is 0 Å². The van der Waals surface area contributed by atoms with Crippen molar-refractivity contribution in [1.29, 1.82) is 0 Å². The van der Waals surface area contributed by atoms with E-state index in [-0.39, 0.29) is 0 Å². The zero-order valence-electron chi connectivity index (χ0n) is 15.6. The second kappa shape index (κ2) is 8.72. The van der Waals surface area contributed by atoms with Crippen molar-refractivity contribution in [3.05, 3.63) is 53.1 Å². The van der Waals surface area contributed by atoms with Crippen LogP contribution in [0, 0.1) is 13.8 Å². The molecule has 0 heterocycles. The lowest BCUT2D eigenvalue weighted by atomic mass is 10.1. The van der Waals surface area contributed by atoms with Crippen LogP contribution < -0.4 is 14.8 Å². The van der Waals surface area contributed by atoms with E-state index in [0.29, 0.717) is 5.11 Å². The number of hydrogen-bond acceptors (Lipinski definition) is 3. The van der Waals surface area contributed by atoms with Gasteiger partial charge in [-0.15, -0.1) is 0 Å². The predicted octanol–water partition coefficient (Wildman–Crippen LogP) is 4.19. The van der Waals surface area contributed by atoms with Gasteiger partial charge in [0.1, 0.15) is 0 Å². The minimum atomic E-state index is 0.712. The van der Waals surface area contributed by atoms with E-state index in [1.807, 2.05) is 24.1 Å². The van der Waals surface area contributed by atoms with E-state index in [1.165, 1.54) is 16.7 Å². The number of nitrogens with zero attached hydrogens (tertiary/aromatic N) is 1. The molecule has 0 unspecified atom stereocenters. The summed E-state index contributed by atoms with van der Waals surface area (Å²) in [5, 5.41) is 4.01. The third-order valence-corrected chi connectivity index (χ3v) is 4.70. The van der Waals surface area contributed by atoms with Crippen molar-refractivity contribution in [3.8, 4) is 11.5 Å². The van der Waals surface area contributed by atoms with Crippen LogP contribution in [0.1, 0.15) is 16.7 Å². The standard InChI is InChI=1S/C20H26N2O2S/c1-14-6-8-17(12-15(14)2)21-20(25)22(3)11-10-16-7-9-18(23-4)19(13-16)24-5/h6-9,12-13H,10-11H2,1-5H3,(H,21,25). The summed E-state index contributed by atoms with van der Waals surface area (Å²) in [7, 11) is 5.29. The molecule has 0 aliphatic rings. The average molecular weight is 359 g/mol. The lowest BCUT2D eigenvalue weighted by molar-refractivity contribution is 0.354. The van der Waals surface area contributed by atoms with E-state index in [1.54, 1.807) is 14.2 Å². The molecule has 25 heavy (non-hydrogen) atoms. The molecule has 0 saturated carbocycles. The van der Waals surface area contributed by atoms with E-state index < -0.39 is 0 Å². The van der Waals surface area contributed by atoms with Gasteiger partial charge in [0.2, 0.25) is 0 Å². The number of benzene rings is 2. The first-order valence-corrected chi connectivity index (χ1v) is 8.65. The molecule has 2 aromatic rings. The van der Waals surface area contributed by atoms with Crippen LogP contribution in [0.4, 0.5) is 5.69 Å². The number of hydrogen-bond donors (Lipinski definition) is 1. The fourth-order valence-electron chi connectivity index (χ4n) is 2.47. The molecule has 0 radical (unpaired) electrons. The second-order valence-corrected chi connectivity index (χ2v) is 6.48. The van der Waals surface area contributed by atoms with Gasteiger partial charge >= 0.3 is 0 Å². The maximum atomic E-state index is 5.51. The Kier molecular flexibility index (Phi) is 6.65. The largest absolute Gasteiger partial charge is 0.493 e. The van der Waals surface area contributed by atoms with Crippen molar-refractivity contribution in [2.75, 3.05) is 33.1 Å². The van der Waals surface area contributed by atoms with E-state index in [0.717, 1.165) is 30.2 Å². The number of aryl methyl sites for hydroxylation is 2. The van der Waals surface area contributed by atoms with Crippen molar-refractivity contribution < 1.29 is 9.47 Å². The summed E-state index contributed by atoms with van der Waals surface area (Å²) in [6.07, 6.45) is 0.867. The van der Waals surface area contributed by atoms with Crippen molar-refractivity contribution in [2.45, 2.75) is 20.3 Å². The van der Waals surface area contributed by atoms with E-state index in [2.05, 4.69) is 43.4 Å². The summed E-state index contributed by atoms with van der Waals surface area (Å²) in [5.41, 5.74) is 4.73. The molecular formula is C20H26N2O2S. The van der Waals surface area contributed by atoms with Crippen LogP contribution in [0.25, 0.3) is 0 Å². The van der Waals surface area contributed by atoms with Crippen LogP contribution in [-0.4, -0.2) is 37.8 Å². The Morgan fingerprint density at radius 2 is 1.72 bits per heavy atom. The molecule has 0 spiro atoms. The van der Waals surface area contributed by atoms with Crippen LogP contribution in [0.5, 0.6) is 11.5 Å². The minimum absolute atomic E-state index is 0.712. The molecular weight excluding hydrogens is 332 g/mol. The fraction of sp³-hybridized carbons (Fsp3) is 0.350. The quantitative estimate of drug-likeness (QED) is 0.783. The zero-order valence-corrected chi connectivity index (χ0v) is 16.4. The Balaban J connectivity index is 1.93. The van der Waals surface area contributed by atoms with Gasteiger partial charge < -0.3 is 19.7 Å². The Bertz CT molecular complexity index is 746. The van der Waals surface area contributed by atoms with Gasteiger partial charge in [-0.05, 0) is 73.4 Å². The number of likely N-dealkylation sites (N-methyl/N-ethyl adjacent to an activating group) is 1. The molecule has 0 saturated heterocycles. The predicted molar refractivity (Wildman–Crippen MR) is 108 cm³/mol. The summed E-state index contributed by atoms with van der Waals surface area (Å²) in [6, 6.07) is 12.3. The molecule has 4 nitrogen and oxygen atoms in total. The highest BCUT2D eigenvalue weighted by atomic mass is 32.1. The summed E-state index contributed by atoms with van der Waals surface area (Å²) in [6.45, 7) is 5.02. The molecule has 0 atom stereocenters. The van der Waals surface area contributed by atoms with Crippen molar-refractivity contribution in [3.63, 3.8) is 0 Å². The van der Waals surface area contributed by atoms with Gasteiger partial charge in [0.05, 0.1) is 14.2 Å². The SMILES string of the molecule is COc1ccc(CCN(C)C(=S)Nc2ccc(C)c(C)c2)cc1OC. The number of methoxy groups -OCH3 is 2. The number of thiocarbonyl (C=S) groups is 1. The van der Waals surface area contributed by atoms with Gasteiger partial charge in [-0.2, -0.15) is 0 Å². The minimum Gasteiger partial charge on any atom is -0.493 e. The first-order valence-electron chi connectivity index (χ1n) is 8.25. The molecule has 134 valence electrons. The lowest BCUT2D eigenvalue weighted by Crippen LogP contribution is -2.32. The van der Waals surface area contributed by atoms with Crippen LogP contribution in [-0.2, 0) is 6.42 Å². The molecule has 5 heteroatoms. The number of nitrogens with one attached hydrogen (secondary N) is 1. The third kappa shape index (κ3) is 5.10. The molecule has 0 aliphatic carbocycles. The van der Waals surface area contributed by atoms with Crippen LogP contribution in [0.15, 0.2) is 36.4 Å². The number of rotatable bonds is 6. The molecule has 1 N–H and O–H groups in total. The fourth-order valence-corrected chi connectivity index (χ4v) is 2.68. The molecule has 0 aromatic heterocycles. The highest BCUT2D eigenvalue weighted by Gasteiger charge is 2.08. The van der Waals surface area contributed by atoms with E-state index in [4.69, 9.17) is 21.7 Å². The smallest absolute Gasteiger partial charge is 0.173 e. The molecule has 0 amide bonds. The number of anilines is 1. The van der Waals surface area contributed by atoms with E-state index in [9.17, 15) is 0 Å². The Hall–Kier alpha value is -2.27. The van der Waals surface area contributed by atoms with Crippen molar-refractivity contribution >= 4 is 23.0 Å². The van der Waals surface area contributed by atoms with Gasteiger partial charge in [0.25, 0.3) is 0 Å². The third-order valence-electron chi connectivity index (χ3n) is 4.29. The highest BCUT2D eigenvalue weighted by molar-refractivity contribution is 7.80. The monoisotopic (exact) mass is 358 g/mol. The molecule has 0 bridgehead atoms. The maximum absolute atomic E-state index is 5.51. The average Bonchev–Trinajstić information content (AvgIpc) is 2.62. The normalized spacial score (nSPS) is 10.3. The highest BCUT2D eigenvalue weighted by Crippen LogP contribution is 2.27. The summed E-state index contributed by atoms with van der Waals surface area (Å²) in [5.74, 6) is 1.49. The summed E-state index contributed by atoms with van der Waals surface area (Å²) < 4.78 is 10.6. The molecule has 2 aromatic carbocycles. The molecule has 0 fully saturated rings. The van der Waals surface area contributed by atoms with Crippen molar-refractivity contribution in [2.24, 2.45) is 0 Å². The molecule has 2 rings (SSSR count). The first kappa shape index (κ1) is 19.1. The maximum Gasteiger partial charge on any atom is 0.173 e. The topological polar surface area (TPSA) is 33.7 Å². The zero-order chi connectivity index (χ0) is 18.4. The van der Waals surface area contributed by atoms with Gasteiger partial charge in [0, 0.05) is 19.3 Å². The van der Waals surface area contributed by atoms with Crippen molar-refractivity contribution in [1.82, 2.24) is 4.90 Å². The van der Waals surface area contributed by atoms with Gasteiger partial charge in [-0.1, -0.05) is 12.1 Å².